The van der Waals surface area contributed by atoms with Crippen molar-refractivity contribution in [2.24, 2.45) is 5.73 Å². The van der Waals surface area contributed by atoms with Gasteiger partial charge in [-0.1, -0.05) is 12.1 Å². The van der Waals surface area contributed by atoms with Crippen molar-refractivity contribution in [2.45, 2.75) is 12.7 Å². The van der Waals surface area contributed by atoms with Crippen LogP contribution in [0, 0.1) is 0 Å². The Morgan fingerprint density at radius 1 is 1.22 bits per heavy atom. The Hall–Kier alpha value is -1.53. The van der Waals surface area contributed by atoms with E-state index in [0.29, 0.717) is 5.69 Å². The number of rotatable bonds is 2. The van der Waals surface area contributed by atoms with Crippen LogP contribution in [0.3, 0.4) is 0 Å². The van der Waals surface area contributed by atoms with E-state index in [1.165, 1.54) is 24.5 Å². The Morgan fingerprint density at radius 2 is 1.89 bits per heavy atom. The van der Waals surface area contributed by atoms with Gasteiger partial charge in [-0.05, 0) is 12.1 Å². The molecule has 0 saturated heterocycles. The fourth-order valence-corrected chi connectivity index (χ4v) is 1.44. The molecule has 1 aromatic heterocycles. The molecular weight excluding hydrogens is 269 g/mol. The SMILES string of the molecule is Cl.NCc1coc(-c2ccccc2C(F)(F)F)n1. The van der Waals surface area contributed by atoms with Crippen molar-refractivity contribution >= 4 is 12.4 Å². The highest BCUT2D eigenvalue weighted by atomic mass is 35.5. The first-order valence-electron chi connectivity index (χ1n) is 4.83. The van der Waals surface area contributed by atoms with Gasteiger partial charge in [0.15, 0.2) is 0 Å². The number of hydrogen-bond donors (Lipinski definition) is 1. The predicted octanol–water partition coefficient (Wildman–Crippen LogP) is 3.24. The third-order valence-corrected chi connectivity index (χ3v) is 2.22. The van der Waals surface area contributed by atoms with Gasteiger partial charge in [0.2, 0.25) is 5.89 Å². The Morgan fingerprint density at radius 3 is 2.44 bits per heavy atom. The fraction of sp³-hybridized carbons (Fsp3) is 0.182. The van der Waals surface area contributed by atoms with Crippen LogP contribution in [0.5, 0.6) is 0 Å². The Kier molecular flexibility index (Phi) is 4.37. The van der Waals surface area contributed by atoms with E-state index in [1.807, 2.05) is 0 Å². The number of nitrogens with two attached hydrogens (primary N) is 1. The maximum Gasteiger partial charge on any atom is 0.417 e. The van der Waals surface area contributed by atoms with Crippen LogP contribution >= 0.6 is 12.4 Å². The molecule has 2 aromatic rings. The molecule has 3 nitrogen and oxygen atoms in total. The maximum atomic E-state index is 12.7. The summed E-state index contributed by atoms with van der Waals surface area (Å²) in [6.07, 6.45) is -3.18. The van der Waals surface area contributed by atoms with Crippen LogP contribution in [0.15, 0.2) is 34.9 Å². The fourth-order valence-electron chi connectivity index (χ4n) is 1.44. The lowest BCUT2D eigenvalue weighted by molar-refractivity contribution is -0.137. The Bertz CT molecular complexity index is 525. The van der Waals surface area contributed by atoms with E-state index in [2.05, 4.69) is 4.98 Å². The number of oxazole rings is 1. The lowest BCUT2D eigenvalue weighted by Crippen LogP contribution is -2.07. The van der Waals surface area contributed by atoms with Gasteiger partial charge < -0.3 is 10.2 Å². The number of alkyl halides is 3. The van der Waals surface area contributed by atoms with E-state index in [4.69, 9.17) is 10.2 Å². The largest absolute Gasteiger partial charge is 0.444 e. The van der Waals surface area contributed by atoms with Crippen molar-refractivity contribution in [3.63, 3.8) is 0 Å². The van der Waals surface area contributed by atoms with E-state index in [0.717, 1.165) is 6.07 Å². The van der Waals surface area contributed by atoms with Gasteiger partial charge in [-0.3, -0.25) is 0 Å². The average Bonchev–Trinajstić information content (AvgIpc) is 2.76. The van der Waals surface area contributed by atoms with Crippen molar-refractivity contribution in [3.05, 3.63) is 41.8 Å². The smallest absolute Gasteiger partial charge is 0.417 e. The summed E-state index contributed by atoms with van der Waals surface area (Å²) in [6, 6.07) is 5.12. The van der Waals surface area contributed by atoms with E-state index >= 15 is 0 Å². The summed E-state index contributed by atoms with van der Waals surface area (Å²) >= 11 is 0. The van der Waals surface area contributed by atoms with E-state index in [9.17, 15) is 13.2 Å². The molecule has 98 valence electrons. The molecule has 0 aliphatic carbocycles. The number of nitrogens with zero attached hydrogens (tertiary/aromatic N) is 1. The molecule has 1 aromatic carbocycles. The zero-order valence-electron chi connectivity index (χ0n) is 9.07. The maximum absolute atomic E-state index is 12.7. The first-order valence-corrected chi connectivity index (χ1v) is 4.83. The van der Waals surface area contributed by atoms with Crippen molar-refractivity contribution < 1.29 is 17.6 Å². The monoisotopic (exact) mass is 278 g/mol. The van der Waals surface area contributed by atoms with Gasteiger partial charge in [-0.2, -0.15) is 13.2 Å². The number of hydrogen-bond acceptors (Lipinski definition) is 3. The average molecular weight is 279 g/mol. The molecule has 18 heavy (non-hydrogen) atoms. The first kappa shape index (κ1) is 14.5. The minimum atomic E-state index is -4.44. The molecule has 0 spiro atoms. The normalized spacial score (nSPS) is 11.1. The van der Waals surface area contributed by atoms with Gasteiger partial charge in [-0.15, -0.1) is 12.4 Å². The van der Waals surface area contributed by atoms with Gasteiger partial charge in [0.05, 0.1) is 11.3 Å². The molecule has 0 aliphatic rings. The minimum absolute atomic E-state index is 0. The molecule has 0 fully saturated rings. The van der Waals surface area contributed by atoms with Crippen molar-refractivity contribution in [1.29, 1.82) is 0 Å². The summed E-state index contributed by atoms with van der Waals surface area (Å²) in [5.41, 5.74) is 4.88. The standard InChI is InChI=1S/C11H9F3N2O.ClH/c12-11(13,14)9-4-2-1-3-8(9)10-16-7(5-15)6-17-10;/h1-4,6H,5,15H2;1H. The zero-order chi connectivity index (χ0) is 12.5. The Labute approximate surface area is 107 Å². The van der Waals surface area contributed by atoms with E-state index < -0.39 is 11.7 Å². The molecule has 2 N–H and O–H groups in total. The lowest BCUT2D eigenvalue weighted by Gasteiger charge is -2.09. The van der Waals surface area contributed by atoms with Crippen molar-refractivity contribution in [1.82, 2.24) is 4.98 Å². The van der Waals surface area contributed by atoms with Crippen LogP contribution in [0.25, 0.3) is 11.5 Å². The number of benzene rings is 1. The summed E-state index contributed by atoms with van der Waals surface area (Å²) in [5.74, 6) is -0.0709. The van der Waals surface area contributed by atoms with Crippen LogP contribution in [-0.2, 0) is 12.7 Å². The van der Waals surface area contributed by atoms with Crippen molar-refractivity contribution in [3.8, 4) is 11.5 Å². The molecular formula is C11H10ClF3N2O. The zero-order valence-corrected chi connectivity index (χ0v) is 9.89. The second-order valence-corrected chi connectivity index (χ2v) is 3.39. The third-order valence-electron chi connectivity index (χ3n) is 2.22. The molecule has 7 heteroatoms. The number of halogens is 4. The van der Waals surface area contributed by atoms with Crippen molar-refractivity contribution in [2.75, 3.05) is 0 Å². The second kappa shape index (κ2) is 5.41. The molecule has 0 bridgehead atoms. The highest BCUT2D eigenvalue weighted by Gasteiger charge is 2.34. The summed E-state index contributed by atoms with van der Waals surface area (Å²) in [7, 11) is 0. The lowest BCUT2D eigenvalue weighted by atomic mass is 10.1. The van der Waals surface area contributed by atoms with Gasteiger partial charge >= 0.3 is 6.18 Å². The van der Waals surface area contributed by atoms with E-state index in [1.54, 1.807) is 0 Å². The van der Waals surface area contributed by atoms with Gasteiger partial charge in [0.1, 0.15) is 6.26 Å². The molecule has 0 saturated carbocycles. The molecule has 2 rings (SSSR count). The molecule has 0 radical (unpaired) electrons. The third kappa shape index (κ3) is 2.83. The summed E-state index contributed by atoms with van der Waals surface area (Å²) in [5, 5.41) is 0. The Balaban J connectivity index is 0.00000162. The first-order chi connectivity index (χ1) is 8.02. The van der Waals surface area contributed by atoms with E-state index in [-0.39, 0.29) is 30.4 Å². The quantitative estimate of drug-likeness (QED) is 0.917. The van der Waals surface area contributed by atoms with Gasteiger partial charge in [0, 0.05) is 12.1 Å². The predicted molar refractivity (Wildman–Crippen MR) is 62.1 cm³/mol. The summed E-state index contributed by atoms with van der Waals surface area (Å²) in [6.45, 7) is 0.123. The molecule has 0 unspecified atom stereocenters. The van der Waals surface area contributed by atoms with Gasteiger partial charge in [-0.25, -0.2) is 4.98 Å². The van der Waals surface area contributed by atoms with Crippen LogP contribution in [0.1, 0.15) is 11.3 Å². The van der Waals surface area contributed by atoms with Crippen LogP contribution < -0.4 is 5.73 Å². The highest BCUT2D eigenvalue weighted by Crippen LogP contribution is 2.36. The van der Waals surface area contributed by atoms with Crippen LogP contribution in [0.2, 0.25) is 0 Å². The number of aromatic nitrogens is 1. The second-order valence-electron chi connectivity index (χ2n) is 3.39. The molecule has 1 heterocycles. The van der Waals surface area contributed by atoms with Crippen LogP contribution in [0.4, 0.5) is 13.2 Å². The molecule has 0 aliphatic heterocycles. The highest BCUT2D eigenvalue weighted by molar-refractivity contribution is 5.85. The molecule has 0 amide bonds. The molecule has 0 atom stereocenters. The summed E-state index contributed by atoms with van der Waals surface area (Å²) in [4.78, 5) is 3.88. The topological polar surface area (TPSA) is 52.0 Å². The summed E-state index contributed by atoms with van der Waals surface area (Å²) < 4.78 is 43.2. The van der Waals surface area contributed by atoms with Crippen LogP contribution in [-0.4, -0.2) is 4.98 Å². The van der Waals surface area contributed by atoms with Gasteiger partial charge in [0.25, 0.3) is 0 Å². The minimum Gasteiger partial charge on any atom is -0.444 e.